The van der Waals surface area contributed by atoms with E-state index >= 15 is 0 Å². The summed E-state index contributed by atoms with van der Waals surface area (Å²) >= 11 is 0. The second-order valence-electron chi connectivity index (χ2n) is 6.28. The van der Waals surface area contributed by atoms with Gasteiger partial charge in [0.25, 0.3) is 0 Å². The molecule has 0 radical (unpaired) electrons. The second kappa shape index (κ2) is 6.90. The first kappa shape index (κ1) is 16.0. The second-order valence-corrected chi connectivity index (χ2v) is 6.28. The van der Waals surface area contributed by atoms with Crippen LogP contribution in [0, 0.1) is 25.7 Å². The summed E-state index contributed by atoms with van der Waals surface area (Å²) in [7, 11) is 0. The lowest BCUT2D eigenvalue weighted by molar-refractivity contribution is 0.546. The molecule has 3 nitrogen and oxygen atoms in total. The summed E-state index contributed by atoms with van der Waals surface area (Å²) in [6, 6.07) is 2.12. The summed E-state index contributed by atoms with van der Waals surface area (Å²) in [6.07, 6.45) is 0. The molecule has 0 aliphatic carbocycles. The van der Waals surface area contributed by atoms with Gasteiger partial charge in [0, 0.05) is 30.9 Å². The van der Waals surface area contributed by atoms with Gasteiger partial charge in [0.2, 0.25) is 0 Å². The quantitative estimate of drug-likeness (QED) is 0.856. The van der Waals surface area contributed by atoms with Gasteiger partial charge >= 0.3 is 0 Å². The molecule has 0 aliphatic heterocycles. The number of aryl methyl sites for hydroxylation is 2. The van der Waals surface area contributed by atoms with Gasteiger partial charge in [-0.1, -0.05) is 27.7 Å². The Balaban J connectivity index is 3.19. The van der Waals surface area contributed by atoms with E-state index in [1.165, 1.54) is 11.1 Å². The third kappa shape index (κ3) is 4.50. The van der Waals surface area contributed by atoms with Crippen LogP contribution in [0.5, 0.6) is 0 Å². The first-order valence-electron chi connectivity index (χ1n) is 7.27. The van der Waals surface area contributed by atoms with Crippen molar-refractivity contribution in [2.24, 2.45) is 17.6 Å². The molecule has 0 spiro atoms. The Morgan fingerprint density at radius 2 is 1.63 bits per heavy atom. The molecule has 108 valence electrons. The monoisotopic (exact) mass is 263 g/mol. The molecule has 1 aromatic heterocycles. The molecule has 19 heavy (non-hydrogen) atoms. The lowest BCUT2D eigenvalue weighted by Crippen LogP contribution is -2.33. The molecular weight excluding hydrogens is 234 g/mol. The fourth-order valence-corrected chi connectivity index (χ4v) is 2.49. The van der Waals surface area contributed by atoms with Crippen LogP contribution in [0.15, 0.2) is 6.07 Å². The molecule has 0 saturated carbocycles. The molecule has 0 unspecified atom stereocenters. The molecule has 0 fully saturated rings. The SMILES string of the molecule is Cc1cc(C)c(CN)c(N(CC(C)C)CC(C)C)n1. The topological polar surface area (TPSA) is 42.1 Å². The summed E-state index contributed by atoms with van der Waals surface area (Å²) in [4.78, 5) is 7.16. The first-order valence-corrected chi connectivity index (χ1v) is 7.27. The third-order valence-corrected chi connectivity index (χ3v) is 3.13. The summed E-state index contributed by atoms with van der Waals surface area (Å²) in [6.45, 7) is 15.8. The van der Waals surface area contributed by atoms with Crippen molar-refractivity contribution < 1.29 is 0 Å². The normalized spacial score (nSPS) is 11.4. The maximum absolute atomic E-state index is 5.93. The lowest BCUT2D eigenvalue weighted by Gasteiger charge is -2.30. The van der Waals surface area contributed by atoms with E-state index in [9.17, 15) is 0 Å². The largest absolute Gasteiger partial charge is 0.356 e. The molecule has 1 rings (SSSR count). The van der Waals surface area contributed by atoms with E-state index < -0.39 is 0 Å². The first-order chi connectivity index (χ1) is 8.85. The van der Waals surface area contributed by atoms with Crippen molar-refractivity contribution in [3.05, 3.63) is 22.9 Å². The van der Waals surface area contributed by atoms with Crippen LogP contribution in [0.2, 0.25) is 0 Å². The minimum atomic E-state index is 0.557. The molecule has 0 aliphatic rings. The molecule has 1 heterocycles. The van der Waals surface area contributed by atoms with E-state index in [0.29, 0.717) is 18.4 Å². The van der Waals surface area contributed by atoms with E-state index in [1.54, 1.807) is 0 Å². The Morgan fingerprint density at radius 1 is 1.11 bits per heavy atom. The predicted octanol–water partition coefficient (Wildman–Crippen LogP) is 3.28. The van der Waals surface area contributed by atoms with Crippen molar-refractivity contribution in [3.8, 4) is 0 Å². The maximum Gasteiger partial charge on any atom is 0.133 e. The van der Waals surface area contributed by atoms with E-state index in [4.69, 9.17) is 10.7 Å². The van der Waals surface area contributed by atoms with Gasteiger partial charge in [0.1, 0.15) is 5.82 Å². The number of anilines is 1. The number of hydrogen-bond acceptors (Lipinski definition) is 3. The van der Waals surface area contributed by atoms with Crippen LogP contribution >= 0.6 is 0 Å². The number of hydrogen-bond donors (Lipinski definition) is 1. The van der Waals surface area contributed by atoms with Crippen LogP contribution < -0.4 is 10.6 Å². The van der Waals surface area contributed by atoms with Crippen LogP contribution in [0.1, 0.15) is 44.5 Å². The number of rotatable bonds is 6. The number of pyridine rings is 1. The van der Waals surface area contributed by atoms with Gasteiger partial charge in [0.05, 0.1) is 0 Å². The average Bonchev–Trinajstić information content (AvgIpc) is 2.25. The number of nitrogens with two attached hydrogens (primary N) is 1. The van der Waals surface area contributed by atoms with Gasteiger partial charge < -0.3 is 10.6 Å². The molecule has 2 N–H and O–H groups in total. The highest BCUT2D eigenvalue weighted by molar-refractivity contribution is 5.51. The van der Waals surface area contributed by atoms with Crippen LogP contribution in [-0.2, 0) is 6.54 Å². The molecular formula is C16H29N3. The summed E-state index contributed by atoms with van der Waals surface area (Å²) in [5.41, 5.74) is 9.45. The van der Waals surface area contributed by atoms with E-state index in [0.717, 1.165) is 24.6 Å². The predicted molar refractivity (Wildman–Crippen MR) is 83.5 cm³/mol. The van der Waals surface area contributed by atoms with Crippen molar-refractivity contribution in [3.63, 3.8) is 0 Å². The zero-order chi connectivity index (χ0) is 14.6. The van der Waals surface area contributed by atoms with Crippen molar-refractivity contribution in [1.82, 2.24) is 4.98 Å². The van der Waals surface area contributed by atoms with Crippen LogP contribution in [0.25, 0.3) is 0 Å². The van der Waals surface area contributed by atoms with Gasteiger partial charge in [-0.25, -0.2) is 4.98 Å². The third-order valence-electron chi connectivity index (χ3n) is 3.13. The highest BCUT2D eigenvalue weighted by Gasteiger charge is 2.17. The Morgan fingerprint density at radius 3 is 2.05 bits per heavy atom. The van der Waals surface area contributed by atoms with Crippen molar-refractivity contribution >= 4 is 5.82 Å². The molecule has 0 aromatic carbocycles. The Kier molecular flexibility index (Phi) is 5.80. The van der Waals surface area contributed by atoms with Crippen LogP contribution in [0.3, 0.4) is 0 Å². The van der Waals surface area contributed by atoms with E-state index in [2.05, 4.69) is 52.5 Å². The number of nitrogens with zero attached hydrogens (tertiary/aromatic N) is 2. The van der Waals surface area contributed by atoms with Crippen molar-refractivity contribution in [1.29, 1.82) is 0 Å². The molecule has 0 atom stereocenters. The van der Waals surface area contributed by atoms with Crippen LogP contribution in [0.4, 0.5) is 5.82 Å². The van der Waals surface area contributed by atoms with Crippen LogP contribution in [-0.4, -0.2) is 18.1 Å². The Labute approximate surface area is 118 Å². The number of aromatic nitrogens is 1. The Hall–Kier alpha value is -1.09. The zero-order valence-electron chi connectivity index (χ0n) is 13.3. The summed E-state index contributed by atoms with van der Waals surface area (Å²) in [5.74, 6) is 2.32. The highest BCUT2D eigenvalue weighted by atomic mass is 15.2. The standard InChI is InChI=1S/C16H29N3/c1-11(2)9-19(10-12(3)4)16-15(8-17)13(5)7-14(6)18-16/h7,11-12H,8-10,17H2,1-6H3. The molecule has 0 saturated heterocycles. The summed E-state index contributed by atoms with van der Waals surface area (Å²) < 4.78 is 0. The maximum atomic E-state index is 5.93. The van der Waals surface area contributed by atoms with Gasteiger partial charge in [-0.3, -0.25) is 0 Å². The fourth-order valence-electron chi connectivity index (χ4n) is 2.49. The Bertz CT molecular complexity index is 401. The molecule has 3 heteroatoms. The van der Waals surface area contributed by atoms with Gasteiger partial charge in [-0.15, -0.1) is 0 Å². The summed E-state index contributed by atoms with van der Waals surface area (Å²) in [5, 5.41) is 0. The van der Waals surface area contributed by atoms with Gasteiger partial charge in [0.15, 0.2) is 0 Å². The highest BCUT2D eigenvalue weighted by Crippen LogP contribution is 2.24. The smallest absolute Gasteiger partial charge is 0.133 e. The van der Waals surface area contributed by atoms with E-state index in [-0.39, 0.29) is 0 Å². The zero-order valence-corrected chi connectivity index (χ0v) is 13.3. The van der Waals surface area contributed by atoms with Gasteiger partial charge in [-0.2, -0.15) is 0 Å². The molecule has 0 amide bonds. The van der Waals surface area contributed by atoms with Crippen molar-refractivity contribution in [2.75, 3.05) is 18.0 Å². The molecule has 1 aromatic rings. The molecule has 0 bridgehead atoms. The minimum Gasteiger partial charge on any atom is -0.356 e. The minimum absolute atomic E-state index is 0.557. The van der Waals surface area contributed by atoms with Crippen molar-refractivity contribution in [2.45, 2.75) is 48.1 Å². The fraction of sp³-hybridized carbons (Fsp3) is 0.688. The van der Waals surface area contributed by atoms with E-state index in [1.807, 2.05) is 0 Å². The van der Waals surface area contributed by atoms with Gasteiger partial charge in [-0.05, 0) is 37.3 Å². The average molecular weight is 263 g/mol. The lowest BCUT2D eigenvalue weighted by atomic mass is 10.1.